The van der Waals surface area contributed by atoms with E-state index in [1.54, 1.807) is 0 Å². The zero-order valence-corrected chi connectivity index (χ0v) is 9.15. The molecular formula is C12H10Cl2. The first-order valence-electron chi connectivity index (χ1n) is 4.47. The molecule has 0 unspecified atom stereocenters. The Bertz CT molecular complexity index is 406. The van der Waals surface area contributed by atoms with Gasteiger partial charge in [-0.25, -0.2) is 0 Å². The topological polar surface area (TPSA) is 0 Å². The minimum Gasteiger partial charge on any atom is -0.122 e. The van der Waals surface area contributed by atoms with Gasteiger partial charge in [0.25, 0.3) is 0 Å². The Kier molecular flexibility index (Phi) is 2.95. The summed E-state index contributed by atoms with van der Waals surface area (Å²) in [6.45, 7) is 0. The molecular weight excluding hydrogens is 215 g/mol. The van der Waals surface area contributed by atoms with Crippen LogP contribution in [-0.2, 0) is 11.8 Å². The average Bonchev–Trinajstić information content (AvgIpc) is 2.27. The first-order valence-corrected chi connectivity index (χ1v) is 5.54. The molecule has 2 aromatic rings. The van der Waals surface area contributed by atoms with Gasteiger partial charge in [0.15, 0.2) is 0 Å². The van der Waals surface area contributed by atoms with E-state index >= 15 is 0 Å². The summed E-state index contributed by atoms with van der Waals surface area (Å²) in [5.74, 6) is 1.13. The smallest absolute Gasteiger partial charge is 0.0474 e. The highest BCUT2D eigenvalue weighted by molar-refractivity contribution is 6.17. The molecule has 0 nitrogen and oxygen atoms in total. The van der Waals surface area contributed by atoms with Crippen molar-refractivity contribution in [2.75, 3.05) is 0 Å². The van der Waals surface area contributed by atoms with Crippen LogP contribution in [-0.4, -0.2) is 0 Å². The lowest BCUT2D eigenvalue weighted by atomic mass is 10.1. The SMILES string of the molecule is ClCc1ccc2cc(CCl)ccc2c1. The van der Waals surface area contributed by atoms with E-state index < -0.39 is 0 Å². The van der Waals surface area contributed by atoms with E-state index in [1.165, 1.54) is 10.8 Å². The maximum atomic E-state index is 5.76. The minimum atomic E-state index is 0.563. The molecule has 0 aliphatic rings. The van der Waals surface area contributed by atoms with Crippen molar-refractivity contribution in [3.63, 3.8) is 0 Å². The van der Waals surface area contributed by atoms with Crippen LogP contribution in [0, 0.1) is 0 Å². The quantitative estimate of drug-likeness (QED) is 0.667. The fourth-order valence-corrected chi connectivity index (χ4v) is 1.84. The van der Waals surface area contributed by atoms with Crippen molar-refractivity contribution < 1.29 is 0 Å². The van der Waals surface area contributed by atoms with Crippen molar-refractivity contribution >= 4 is 34.0 Å². The van der Waals surface area contributed by atoms with E-state index in [1.807, 2.05) is 12.1 Å². The van der Waals surface area contributed by atoms with Gasteiger partial charge in [0, 0.05) is 11.8 Å². The lowest BCUT2D eigenvalue weighted by molar-refractivity contribution is 1.40. The molecule has 72 valence electrons. The number of rotatable bonds is 2. The number of benzene rings is 2. The van der Waals surface area contributed by atoms with E-state index in [4.69, 9.17) is 23.2 Å². The van der Waals surface area contributed by atoms with Crippen LogP contribution in [0.5, 0.6) is 0 Å². The molecule has 2 aromatic carbocycles. The summed E-state index contributed by atoms with van der Waals surface area (Å²) in [7, 11) is 0. The molecule has 0 spiro atoms. The zero-order valence-electron chi connectivity index (χ0n) is 7.63. The van der Waals surface area contributed by atoms with Crippen molar-refractivity contribution in [3.8, 4) is 0 Å². The fourth-order valence-electron chi connectivity index (χ4n) is 1.51. The van der Waals surface area contributed by atoms with Crippen LogP contribution in [0.3, 0.4) is 0 Å². The van der Waals surface area contributed by atoms with E-state index in [2.05, 4.69) is 24.3 Å². The highest BCUT2D eigenvalue weighted by Gasteiger charge is 1.97. The number of hydrogen-bond donors (Lipinski definition) is 0. The predicted octanol–water partition coefficient (Wildman–Crippen LogP) is 4.32. The summed E-state index contributed by atoms with van der Waals surface area (Å²) in [6.07, 6.45) is 0. The van der Waals surface area contributed by atoms with Crippen molar-refractivity contribution in [3.05, 3.63) is 47.5 Å². The van der Waals surface area contributed by atoms with Gasteiger partial charge in [-0.1, -0.05) is 24.3 Å². The molecule has 0 saturated carbocycles. The summed E-state index contributed by atoms with van der Waals surface area (Å²) in [5.41, 5.74) is 2.30. The molecule has 2 rings (SSSR count). The van der Waals surface area contributed by atoms with Gasteiger partial charge in [0.05, 0.1) is 0 Å². The fraction of sp³-hybridized carbons (Fsp3) is 0.167. The highest BCUT2D eigenvalue weighted by atomic mass is 35.5. The van der Waals surface area contributed by atoms with Gasteiger partial charge in [-0.3, -0.25) is 0 Å². The van der Waals surface area contributed by atoms with E-state index in [-0.39, 0.29) is 0 Å². The molecule has 2 heteroatoms. The molecule has 0 saturated heterocycles. The molecule has 0 aliphatic carbocycles. The molecule has 0 aliphatic heterocycles. The number of hydrogen-bond acceptors (Lipinski definition) is 0. The Morgan fingerprint density at radius 3 is 1.50 bits per heavy atom. The molecule has 0 heterocycles. The summed E-state index contributed by atoms with van der Waals surface area (Å²) in [4.78, 5) is 0. The molecule has 0 aromatic heterocycles. The van der Waals surface area contributed by atoms with Crippen LogP contribution in [0.2, 0.25) is 0 Å². The Balaban J connectivity index is 2.57. The maximum Gasteiger partial charge on any atom is 0.0474 e. The van der Waals surface area contributed by atoms with Gasteiger partial charge in [0.2, 0.25) is 0 Å². The van der Waals surface area contributed by atoms with Gasteiger partial charge < -0.3 is 0 Å². The van der Waals surface area contributed by atoms with Crippen LogP contribution < -0.4 is 0 Å². The molecule has 14 heavy (non-hydrogen) atoms. The Morgan fingerprint density at radius 1 is 0.714 bits per heavy atom. The van der Waals surface area contributed by atoms with Gasteiger partial charge in [-0.15, -0.1) is 23.2 Å². The van der Waals surface area contributed by atoms with Crippen molar-refractivity contribution in [2.24, 2.45) is 0 Å². The second-order valence-corrected chi connectivity index (χ2v) is 3.82. The third-order valence-corrected chi connectivity index (χ3v) is 2.89. The van der Waals surface area contributed by atoms with Crippen molar-refractivity contribution in [1.82, 2.24) is 0 Å². The van der Waals surface area contributed by atoms with Gasteiger partial charge >= 0.3 is 0 Å². The molecule has 0 amide bonds. The molecule has 0 radical (unpaired) electrons. The predicted molar refractivity (Wildman–Crippen MR) is 63.1 cm³/mol. The summed E-state index contributed by atoms with van der Waals surface area (Å²) < 4.78 is 0. The molecule has 0 atom stereocenters. The van der Waals surface area contributed by atoms with Gasteiger partial charge in [-0.2, -0.15) is 0 Å². The molecule has 0 bridgehead atoms. The lowest BCUT2D eigenvalue weighted by Gasteiger charge is -2.02. The molecule has 0 fully saturated rings. The minimum absolute atomic E-state index is 0.563. The first kappa shape index (κ1) is 9.82. The van der Waals surface area contributed by atoms with Crippen molar-refractivity contribution in [1.29, 1.82) is 0 Å². The second-order valence-electron chi connectivity index (χ2n) is 3.28. The largest absolute Gasteiger partial charge is 0.122 e. The Labute approximate surface area is 93.4 Å². The summed E-state index contributed by atoms with van der Waals surface area (Å²) in [6, 6.07) is 12.5. The van der Waals surface area contributed by atoms with Gasteiger partial charge in [-0.05, 0) is 34.0 Å². The number of halogens is 2. The summed E-state index contributed by atoms with van der Waals surface area (Å²) in [5, 5.41) is 2.44. The first-order chi connectivity index (χ1) is 6.83. The third-order valence-electron chi connectivity index (χ3n) is 2.28. The van der Waals surface area contributed by atoms with E-state index in [0.717, 1.165) is 11.1 Å². The summed E-state index contributed by atoms with van der Waals surface area (Å²) >= 11 is 11.5. The van der Waals surface area contributed by atoms with Crippen molar-refractivity contribution in [2.45, 2.75) is 11.8 Å². The normalized spacial score (nSPS) is 10.7. The van der Waals surface area contributed by atoms with Crippen LogP contribution in [0.1, 0.15) is 11.1 Å². The Morgan fingerprint density at radius 2 is 1.14 bits per heavy atom. The zero-order chi connectivity index (χ0) is 9.97. The molecule has 0 N–H and O–H groups in total. The monoisotopic (exact) mass is 224 g/mol. The van der Waals surface area contributed by atoms with Crippen LogP contribution in [0.15, 0.2) is 36.4 Å². The Hall–Kier alpha value is -0.720. The van der Waals surface area contributed by atoms with E-state index in [0.29, 0.717) is 11.8 Å². The lowest BCUT2D eigenvalue weighted by Crippen LogP contribution is -1.81. The average molecular weight is 225 g/mol. The van der Waals surface area contributed by atoms with Crippen LogP contribution in [0.25, 0.3) is 10.8 Å². The maximum absolute atomic E-state index is 5.76. The van der Waals surface area contributed by atoms with Crippen LogP contribution >= 0.6 is 23.2 Å². The number of fused-ring (bicyclic) bond motifs is 1. The standard InChI is InChI=1S/C12H10Cl2/c13-7-9-1-3-11-6-10(8-14)2-4-12(11)5-9/h1-6H,7-8H2. The third kappa shape index (κ3) is 1.87. The van der Waals surface area contributed by atoms with Gasteiger partial charge in [0.1, 0.15) is 0 Å². The highest BCUT2D eigenvalue weighted by Crippen LogP contribution is 2.19. The number of alkyl halides is 2. The van der Waals surface area contributed by atoms with Crippen LogP contribution in [0.4, 0.5) is 0 Å². The van der Waals surface area contributed by atoms with E-state index in [9.17, 15) is 0 Å². The second kappa shape index (κ2) is 4.20.